The quantitative estimate of drug-likeness (QED) is 0.697. The maximum Gasteiger partial charge on any atom is 0.270 e. The number of nitrogens with zero attached hydrogens (tertiary/aromatic N) is 2. The molecule has 1 saturated heterocycles. The third-order valence-corrected chi connectivity index (χ3v) is 5.98. The van der Waals surface area contributed by atoms with E-state index in [-0.39, 0.29) is 11.6 Å². The van der Waals surface area contributed by atoms with Crippen molar-refractivity contribution >= 4 is 22.2 Å². The highest BCUT2D eigenvalue weighted by molar-refractivity contribution is 7.19. The van der Waals surface area contributed by atoms with Crippen LogP contribution >= 0.6 is 11.3 Å². The van der Waals surface area contributed by atoms with Crippen molar-refractivity contribution in [2.24, 2.45) is 11.7 Å². The predicted octanol–water partition coefficient (Wildman–Crippen LogP) is 1.42. The third-order valence-electron chi connectivity index (χ3n) is 5.05. The van der Waals surface area contributed by atoms with Gasteiger partial charge in [-0.1, -0.05) is 41.9 Å². The van der Waals surface area contributed by atoms with Crippen LogP contribution in [0.1, 0.15) is 22.5 Å². The molecule has 132 valence electrons. The van der Waals surface area contributed by atoms with Crippen LogP contribution in [0, 0.1) is 17.8 Å². The molecule has 26 heavy (non-hydrogen) atoms. The number of rotatable bonds is 2. The molecule has 2 aliphatic rings. The summed E-state index contributed by atoms with van der Waals surface area (Å²) in [4.78, 5) is 17.6. The van der Waals surface area contributed by atoms with Gasteiger partial charge in [-0.15, -0.1) is 0 Å². The van der Waals surface area contributed by atoms with Crippen molar-refractivity contribution in [2.45, 2.75) is 18.1 Å². The number of nitrogens with two attached hydrogens (primary N) is 2. The SMILES string of the molecule is C=C1N(C)[C@@H]2C[C@@H]2[C@@]1(O)C#Cc1cccc(-c2nc(C(N)=O)c(N)s2)c1. The van der Waals surface area contributed by atoms with Crippen LogP contribution in [0.2, 0.25) is 0 Å². The Balaban J connectivity index is 1.65. The standard InChI is InChI=1S/C19H18N4O2S/c1-10-19(25,13-9-14(13)23(10)2)7-6-11-4-3-5-12(8-11)18-22-15(16(20)24)17(21)26-18/h3-5,8,13-14,25H,1,9,21H2,2H3,(H2,20,24)/t13-,14+,19+/m0/s1. The van der Waals surface area contributed by atoms with Gasteiger partial charge in [-0.2, -0.15) is 0 Å². The number of carbonyl (C=O) groups excluding carboxylic acids is 1. The third kappa shape index (κ3) is 2.46. The summed E-state index contributed by atoms with van der Waals surface area (Å²) in [7, 11) is 1.94. The molecule has 7 heteroatoms. The van der Waals surface area contributed by atoms with Crippen molar-refractivity contribution in [3.05, 3.63) is 47.8 Å². The fourth-order valence-corrected chi connectivity index (χ4v) is 4.27. The van der Waals surface area contributed by atoms with Gasteiger partial charge in [0, 0.05) is 30.1 Å². The number of likely N-dealkylation sites (N-methyl/N-ethyl adjacent to an activating group) is 1. The van der Waals surface area contributed by atoms with E-state index in [4.69, 9.17) is 11.5 Å². The fourth-order valence-electron chi connectivity index (χ4n) is 3.44. The minimum absolute atomic E-state index is 0.0841. The molecule has 1 amide bonds. The van der Waals surface area contributed by atoms with Crippen molar-refractivity contribution in [3.8, 4) is 22.4 Å². The molecule has 5 N–H and O–H groups in total. The largest absolute Gasteiger partial charge is 0.389 e. The van der Waals surface area contributed by atoms with E-state index < -0.39 is 11.5 Å². The van der Waals surface area contributed by atoms with Gasteiger partial charge in [0.1, 0.15) is 10.0 Å². The van der Waals surface area contributed by atoms with Crippen molar-refractivity contribution in [1.29, 1.82) is 0 Å². The molecule has 2 fully saturated rings. The number of nitrogen functional groups attached to an aromatic ring is 1. The second kappa shape index (κ2) is 5.59. The molecule has 1 aliphatic heterocycles. The number of likely N-dealkylation sites (tertiary alicyclic amines) is 1. The van der Waals surface area contributed by atoms with Gasteiger partial charge in [-0.25, -0.2) is 4.98 Å². The van der Waals surface area contributed by atoms with E-state index in [1.807, 2.05) is 36.2 Å². The molecule has 1 aliphatic carbocycles. The zero-order valence-corrected chi connectivity index (χ0v) is 15.0. The first-order chi connectivity index (χ1) is 12.3. The van der Waals surface area contributed by atoms with Crippen molar-refractivity contribution in [2.75, 3.05) is 12.8 Å². The van der Waals surface area contributed by atoms with Crippen molar-refractivity contribution < 1.29 is 9.90 Å². The van der Waals surface area contributed by atoms with Crippen LogP contribution in [0.15, 0.2) is 36.5 Å². The number of hydrogen-bond donors (Lipinski definition) is 3. The number of aliphatic hydroxyl groups is 1. The highest BCUT2D eigenvalue weighted by Gasteiger charge is 2.62. The molecule has 2 heterocycles. The number of thiazole rings is 1. The lowest BCUT2D eigenvalue weighted by Gasteiger charge is -2.24. The second-order valence-corrected chi connectivity index (χ2v) is 7.69. The Morgan fingerprint density at radius 2 is 2.31 bits per heavy atom. The van der Waals surface area contributed by atoms with Gasteiger partial charge in [0.05, 0.1) is 5.70 Å². The summed E-state index contributed by atoms with van der Waals surface area (Å²) in [6.45, 7) is 3.98. The van der Waals surface area contributed by atoms with Crippen LogP contribution in [0.3, 0.4) is 0 Å². The highest BCUT2D eigenvalue weighted by Crippen LogP contribution is 2.54. The molecular weight excluding hydrogens is 348 g/mol. The zero-order chi connectivity index (χ0) is 18.6. The van der Waals surface area contributed by atoms with Crippen LogP contribution in [0.5, 0.6) is 0 Å². The molecule has 0 radical (unpaired) electrons. The Kier molecular flexibility index (Phi) is 3.58. The monoisotopic (exact) mass is 366 g/mol. The van der Waals surface area contributed by atoms with E-state index in [0.717, 1.165) is 17.5 Å². The van der Waals surface area contributed by atoms with E-state index in [1.54, 1.807) is 0 Å². The first-order valence-electron chi connectivity index (χ1n) is 8.15. The van der Waals surface area contributed by atoms with Gasteiger partial charge in [-0.3, -0.25) is 4.79 Å². The predicted molar refractivity (Wildman–Crippen MR) is 101 cm³/mol. The molecule has 0 unspecified atom stereocenters. The van der Waals surface area contributed by atoms with Crippen molar-refractivity contribution in [3.63, 3.8) is 0 Å². The summed E-state index contributed by atoms with van der Waals surface area (Å²) >= 11 is 1.20. The molecule has 0 spiro atoms. The summed E-state index contributed by atoms with van der Waals surface area (Å²) < 4.78 is 0. The summed E-state index contributed by atoms with van der Waals surface area (Å²) in [5.74, 6) is 5.55. The van der Waals surface area contributed by atoms with Crippen LogP contribution in [-0.2, 0) is 0 Å². The Hall–Kier alpha value is -2.82. The summed E-state index contributed by atoms with van der Waals surface area (Å²) in [6.07, 6.45) is 0.940. The average molecular weight is 366 g/mol. The maximum atomic E-state index is 11.3. The molecular formula is C19H18N4O2S. The maximum absolute atomic E-state index is 11.3. The Morgan fingerprint density at radius 1 is 1.54 bits per heavy atom. The average Bonchev–Trinajstić information content (AvgIpc) is 3.29. The van der Waals surface area contributed by atoms with Crippen LogP contribution in [0.4, 0.5) is 5.00 Å². The normalized spacial score (nSPS) is 26.2. The zero-order valence-electron chi connectivity index (χ0n) is 14.2. The Labute approximate surface area is 155 Å². The number of primary amides is 1. The number of anilines is 1. The molecule has 1 aromatic carbocycles. The van der Waals surface area contributed by atoms with Gasteiger partial charge in [0.15, 0.2) is 11.3 Å². The number of carbonyl (C=O) groups is 1. The van der Waals surface area contributed by atoms with Crippen LogP contribution in [-0.4, -0.2) is 39.6 Å². The Morgan fingerprint density at radius 3 is 2.92 bits per heavy atom. The lowest BCUT2D eigenvalue weighted by atomic mass is 9.96. The van der Waals surface area contributed by atoms with Gasteiger partial charge in [0.25, 0.3) is 5.91 Å². The van der Waals surface area contributed by atoms with Gasteiger partial charge in [0.2, 0.25) is 0 Å². The van der Waals surface area contributed by atoms with Gasteiger partial charge < -0.3 is 21.5 Å². The minimum Gasteiger partial charge on any atom is -0.389 e. The molecule has 6 nitrogen and oxygen atoms in total. The Bertz CT molecular complexity index is 1000. The molecule has 4 rings (SSSR count). The summed E-state index contributed by atoms with van der Waals surface area (Å²) in [5, 5.41) is 11.8. The van der Waals surface area contributed by atoms with Gasteiger partial charge in [-0.05, 0) is 18.6 Å². The van der Waals surface area contributed by atoms with E-state index in [9.17, 15) is 9.90 Å². The molecule has 0 bridgehead atoms. The molecule has 1 saturated carbocycles. The minimum atomic E-state index is -1.17. The van der Waals surface area contributed by atoms with Crippen molar-refractivity contribution in [1.82, 2.24) is 9.88 Å². The van der Waals surface area contributed by atoms with E-state index >= 15 is 0 Å². The van der Waals surface area contributed by atoms with E-state index in [0.29, 0.717) is 21.7 Å². The molecule has 2 aromatic rings. The number of benzene rings is 1. The van der Waals surface area contributed by atoms with E-state index in [2.05, 4.69) is 23.4 Å². The topological polar surface area (TPSA) is 105 Å². The number of aromatic nitrogens is 1. The first-order valence-corrected chi connectivity index (χ1v) is 8.97. The number of amides is 1. The summed E-state index contributed by atoms with van der Waals surface area (Å²) in [5.41, 5.74) is 12.2. The van der Waals surface area contributed by atoms with Gasteiger partial charge >= 0.3 is 0 Å². The number of fused-ring (bicyclic) bond motifs is 1. The second-order valence-electron chi connectivity index (χ2n) is 6.66. The smallest absolute Gasteiger partial charge is 0.270 e. The molecule has 1 aromatic heterocycles. The lowest BCUT2D eigenvalue weighted by Crippen LogP contribution is -2.32. The van der Waals surface area contributed by atoms with Crippen LogP contribution < -0.4 is 11.5 Å². The van der Waals surface area contributed by atoms with E-state index in [1.165, 1.54) is 11.3 Å². The summed E-state index contributed by atoms with van der Waals surface area (Å²) in [6, 6.07) is 7.77. The molecule has 3 atom stereocenters. The number of piperidine rings is 1. The highest BCUT2D eigenvalue weighted by atomic mass is 32.1. The van der Waals surface area contributed by atoms with Crippen LogP contribution in [0.25, 0.3) is 10.6 Å². The number of hydrogen-bond acceptors (Lipinski definition) is 6. The lowest BCUT2D eigenvalue weighted by molar-refractivity contribution is 0.0997. The first kappa shape index (κ1) is 16.6. The fraction of sp³-hybridized carbons (Fsp3) is 0.263.